The van der Waals surface area contributed by atoms with Crippen LogP contribution in [-0.4, -0.2) is 46.9 Å². The van der Waals surface area contributed by atoms with Crippen LogP contribution in [0.4, 0.5) is 0 Å². The van der Waals surface area contributed by atoms with Gasteiger partial charge in [-0.2, -0.15) is 4.98 Å². The van der Waals surface area contributed by atoms with Gasteiger partial charge in [-0.3, -0.25) is 9.80 Å². The third-order valence-electron chi connectivity index (χ3n) is 5.59. The summed E-state index contributed by atoms with van der Waals surface area (Å²) in [6.07, 6.45) is 3.54. The van der Waals surface area contributed by atoms with Gasteiger partial charge in [0.05, 0.1) is 5.92 Å². The predicted octanol–water partition coefficient (Wildman–Crippen LogP) is 1.63. The number of carbonyl (C=O) groups is 1. The van der Waals surface area contributed by atoms with Gasteiger partial charge in [0.15, 0.2) is 5.82 Å². The lowest BCUT2D eigenvalue weighted by Crippen LogP contribution is -2.54. The van der Waals surface area contributed by atoms with Crippen LogP contribution in [0.15, 0.2) is 40.6 Å². The Balaban J connectivity index is 1.40. The van der Waals surface area contributed by atoms with Crippen molar-refractivity contribution in [2.45, 2.75) is 24.9 Å². The second-order valence-electron chi connectivity index (χ2n) is 7.35. The molecule has 28 heavy (non-hydrogen) atoms. The highest BCUT2D eigenvalue weighted by Gasteiger charge is 2.43. The van der Waals surface area contributed by atoms with Crippen LogP contribution < -0.4 is 16.1 Å². The Bertz CT molecular complexity index is 923. The molecule has 9 heteroatoms. The lowest BCUT2D eigenvalue weighted by Gasteiger charge is -2.38. The van der Waals surface area contributed by atoms with Crippen LogP contribution in [0, 0.1) is 5.92 Å². The molecule has 8 nitrogen and oxygen atoms in total. The normalized spacial score (nSPS) is 25.4. The molecule has 2 aromatic rings. The number of hydrogen-bond acceptors (Lipinski definition) is 7. The second-order valence-corrected chi connectivity index (χ2v) is 7.79. The van der Waals surface area contributed by atoms with E-state index in [1.807, 2.05) is 12.1 Å². The standard InChI is InChI=1S/C19H21ClN6O2/c20-13-3-1-2-12(8-13)19-24-17(25-28-19)14-10-22-26-15(9-16(27)23-18(14)26)11-4-6-21-7-5-11/h1-3,8-9,11,14,18,21-22H,4-7,10H2,(H,23,27). The number of rotatable bonds is 3. The van der Waals surface area contributed by atoms with Crippen LogP contribution in [0.1, 0.15) is 24.6 Å². The number of hydrogen-bond donors (Lipinski definition) is 3. The number of amides is 1. The highest BCUT2D eigenvalue weighted by Crippen LogP contribution is 2.34. The van der Waals surface area contributed by atoms with E-state index in [0.717, 1.165) is 37.2 Å². The van der Waals surface area contributed by atoms with Crippen molar-refractivity contribution in [3.05, 3.63) is 46.9 Å². The lowest BCUT2D eigenvalue weighted by molar-refractivity contribution is -0.119. The van der Waals surface area contributed by atoms with Crippen molar-refractivity contribution in [2.75, 3.05) is 19.6 Å². The van der Waals surface area contributed by atoms with E-state index in [1.54, 1.807) is 18.2 Å². The average molecular weight is 401 g/mol. The number of fused-ring (bicyclic) bond motifs is 1. The van der Waals surface area contributed by atoms with E-state index in [0.29, 0.717) is 29.2 Å². The number of piperidine rings is 1. The number of carbonyl (C=O) groups excluding carboxylic acids is 1. The number of aromatic nitrogens is 2. The van der Waals surface area contributed by atoms with E-state index in [9.17, 15) is 4.79 Å². The Hall–Kier alpha value is -2.42. The molecule has 146 valence electrons. The SMILES string of the molecule is O=C1C=C(C2CCNCC2)N2NCC(c3noc(-c4cccc(Cl)c4)n3)C2N1. The molecule has 1 aromatic carbocycles. The monoisotopic (exact) mass is 400 g/mol. The summed E-state index contributed by atoms with van der Waals surface area (Å²) < 4.78 is 5.47. The van der Waals surface area contributed by atoms with Gasteiger partial charge in [-0.15, -0.1) is 0 Å². The molecule has 3 aliphatic heterocycles. The summed E-state index contributed by atoms with van der Waals surface area (Å²) in [5.41, 5.74) is 5.25. The summed E-state index contributed by atoms with van der Waals surface area (Å²) in [5, 5.41) is 13.3. The third-order valence-corrected chi connectivity index (χ3v) is 5.83. The van der Waals surface area contributed by atoms with Crippen molar-refractivity contribution in [2.24, 2.45) is 5.92 Å². The van der Waals surface area contributed by atoms with Crippen molar-refractivity contribution in [3.63, 3.8) is 0 Å². The summed E-state index contributed by atoms with van der Waals surface area (Å²) in [7, 11) is 0. The number of nitrogens with one attached hydrogen (secondary N) is 3. The van der Waals surface area contributed by atoms with Crippen molar-refractivity contribution in [1.29, 1.82) is 0 Å². The summed E-state index contributed by atoms with van der Waals surface area (Å²) >= 11 is 6.06. The van der Waals surface area contributed by atoms with Crippen LogP contribution in [0.25, 0.3) is 11.5 Å². The van der Waals surface area contributed by atoms with Crippen molar-refractivity contribution in [1.82, 2.24) is 31.2 Å². The summed E-state index contributed by atoms with van der Waals surface area (Å²) in [5.74, 6) is 1.19. The van der Waals surface area contributed by atoms with Gasteiger partial charge in [0.1, 0.15) is 6.17 Å². The molecule has 2 saturated heterocycles. The number of allylic oxidation sites excluding steroid dienone is 1. The zero-order chi connectivity index (χ0) is 19.1. The smallest absolute Gasteiger partial charge is 0.257 e. The lowest BCUT2D eigenvalue weighted by atomic mass is 9.92. The van der Waals surface area contributed by atoms with Gasteiger partial charge in [-0.1, -0.05) is 22.8 Å². The molecule has 0 spiro atoms. The van der Waals surface area contributed by atoms with Gasteiger partial charge in [-0.05, 0) is 44.1 Å². The molecule has 2 fully saturated rings. The maximum Gasteiger partial charge on any atom is 0.257 e. The summed E-state index contributed by atoms with van der Waals surface area (Å²) in [4.78, 5) is 16.9. The maximum absolute atomic E-state index is 12.4. The minimum atomic E-state index is -0.229. The van der Waals surface area contributed by atoms with Gasteiger partial charge in [0.2, 0.25) is 5.91 Å². The fourth-order valence-electron chi connectivity index (χ4n) is 4.18. The number of nitrogens with zero attached hydrogens (tertiary/aromatic N) is 3. The second kappa shape index (κ2) is 7.20. The fourth-order valence-corrected chi connectivity index (χ4v) is 4.37. The predicted molar refractivity (Wildman–Crippen MR) is 103 cm³/mol. The molecule has 2 unspecified atom stereocenters. The van der Waals surface area contributed by atoms with Gasteiger partial charge >= 0.3 is 0 Å². The van der Waals surface area contributed by atoms with E-state index in [-0.39, 0.29) is 18.0 Å². The molecule has 3 N–H and O–H groups in total. The van der Waals surface area contributed by atoms with Gasteiger partial charge in [-0.25, -0.2) is 5.43 Å². The summed E-state index contributed by atoms with van der Waals surface area (Å²) in [6, 6.07) is 7.31. The van der Waals surface area contributed by atoms with Crippen LogP contribution >= 0.6 is 11.6 Å². The molecule has 3 aliphatic rings. The number of benzene rings is 1. The summed E-state index contributed by atoms with van der Waals surface area (Å²) in [6.45, 7) is 2.57. The van der Waals surface area contributed by atoms with E-state index in [4.69, 9.17) is 16.1 Å². The van der Waals surface area contributed by atoms with E-state index in [1.165, 1.54) is 0 Å². The molecular formula is C19H21ClN6O2. The molecular weight excluding hydrogens is 380 g/mol. The zero-order valence-corrected chi connectivity index (χ0v) is 15.9. The van der Waals surface area contributed by atoms with Gasteiger partial charge in [0.25, 0.3) is 5.89 Å². The largest absolute Gasteiger partial charge is 0.334 e. The van der Waals surface area contributed by atoms with Crippen molar-refractivity contribution >= 4 is 17.5 Å². The molecule has 0 aliphatic carbocycles. The quantitative estimate of drug-likeness (QED) is 0.720. The van der Waals surface area contributed by atoms with E-state index < -0.39 is 0 Å². The molecule has 4 heterocycles. The van der Waals surface area contributed by atoms with E-state index in [2.05, 4.69) is 31.2 Å². The van der Waals surface area contributed by atoms with Crippen LogP contribution in [0.3, 0.4) is 0 Å². The van der Waals surface area contributed by atoms with Gasteiger partial charge in [0, 0.05) is 34.8 Å². The molecule has 5 rings (SSSR count). The van der Waals surface area contributed by atoms with Crippen molar-refractivity contribution in [3.8, 4) is 11.5 Å². The number of halogens is 1. The Morgan fingerprint density at radius 2 is 2.11 bits per heavy atom. The first-order chi connectivity index (χ1) is 13.7. The number of hydrazine groups is 1. The van der Waals surface area contributed by atoms with Crippen LogP contribution in [0.2, 0.25) is 5.02 Å². The highest BCUT2D eigenvalue weighted by atomic mass is 35.5. The topological polar surface area (TPSA) is 95.3 Å². The van der Waals surface area contributed by atoms with Gasteiger partial charge < -0.3 is 15.2 Å². The Morgan fingerprint density at radius 3 is 2.93 bits per heavy atom. The maximum atomic E-state index is 12.4. The average Bonchev–Trinajstić information content (AvgIpc) is 3.35. The van der Waals surface area contributed by atoms with Crippen LogP contribution in [-0.2, 0) is 4.79 Å². The highest BCUT2D eigenvalue weighted by molar-refractivity contribution is 6.30. The van der Waals surface area contributed by atoms with Crippen molar-refractivity contribution < 1.29 is 9.32 Å². The fraction of sp³-hybridized carbons (Fsp3) is 0.421. The Kier molecular flexibility index (Phi) is 4.54. The first-order valence-corrected chi connectivity index (χ1v) is 9.92. The Labute approximate surface area is 167 Å². The van der Waals surface area contributed by atoms with Crippen LogP contribution in [0.5, 0.6) is 0 Å². The minimum Gasteiger partial charge on any atom is -0.334 e. The molecule has 0 saturated carbocycles. The van der Waals surface area contributed by atoms with E-state index >= 15 is 0 Å². The third kappa shape index (κ3) is 3.17. The molecule has 1 amide bonds. The first-order valence-electron chi connectivity index (χ1n) is 9.54. The minimum absolute atomic E-state index is 0.0676. The molecule has 2 atom stereocenters. The first kappa shape index (κ1) is 17.7. The molecule has 1 aromatic heterocycles. The Morgan fingerprint density at radius 1 is 1.25 bits per heavy atom. The molecule has 0 radical (unpaired) electrons. The zero-order valence-electron chi connectivity index (χ0n) is 15.2. The molecule has 0 bridgehead atoms.